The van der Waals surface area contributed by atoms with E-state index >= 15 is 4.39 Å². The van der Waals surface area contributed by atoms with Gasteiger partial charge in [0.1, 0.15) is 16.9 Å². The molecule has 0 amide bonds. The van der Waals surface area contributed by atoms with E-state index in [4.69, 9.17) is 4.74 Å². The second kappa shape index (κ2) is 13.7. The first-order chi connectivity index (χ1) is 18.0. The number of aliphatic carboxylic acids is 1. The molecule has 0 saturated carbocycles. The number of hydrogen-bond donors (Lipinski definition) is 1. The summed E-state index contributed by atoms with van der Waals surface area (Å²) in [5.74, 6) is 1.47. The van der Waals surface area contributed by atoms with Crippen LogP contribution in [0, 0.1) is 11.8 Å². The van der Waals surface area contributed by atoms with Crippen molar-refractivity contribution < 1.29 is 19.0 Å². The van der Waals surface area contributed by atoms with E-state index in [1.54, 1.807) is 37.3 Å². The lowest BCUT2D eigenvalue weighted by atomic mass is 9.79. The molecule has 1 unspecified atom stereocenters. The molecule has 1 aliphatic rings. The number of likely N-dealkylation sites (tertiary alicyclic amines) is 1. The molecule has 7 nitrogen and oxygen atoms in total. The topological polar surface area (TPSA) is 88.4 Å². The molecule has 0 radical (unpaired) electrons. The highest BCUT2D eigenvalue weighted by Crippen LogP contribution is 2.36. The number of carboxylic acid groups (broad SMARTS) is 1. The summed E-state index contributed by atoms with van der Waals surface area (Å²) in [4.78, 5) is 18.1. The Morgan fingerprint density at radius 3 is 2.92 bits per heavy atom. The number of hydrogen-bond acceptors (Lipinski definition) is 7. The second-order valence-electron chi connectivity index (χ2n) is 9.63. The zero-order valence-corrected chi connectivity index (χ0v) is 22.1. The van der Waals surface area contributed by atoms with Gasteiger partial charge in [-0.05, 0) is 99.0 Å². The Bertz CT molecular complexity index is 1150. The highest BCUT2D eigenvalue weighted by atomic mass is 32.2. The van der Waals surface area contributed by atoms with E-state index in [0.717, 1.165) is 60.6 Å². The maximum atomic E-state index is 15.5. The van der Waals surface area contributed by atoms with E-state index in [1.807, 2.05) is 30.3 Å². The fraction of sp³-hybridized carbons (Fsp3) is 0.500. The fourth-order valence-corrected chi connectivity index (χ4v) is 6.03. The van der Waals surface area contributed by atoms with Crippen molar-refractivity contribution >= 4 is 28.6 Å². The molecule has 2 aromatic heterocycles. The molecule has 1 fully saturated rings. The summed E-state index contributed by atoms with van der Waals surface area (Å²) < 4.78 is 20.9. The number of halogens is 1. The van der Waals surface area contributed by atoms with Gasteiger partial charge in [0.05, 0.1) is 12.6 Å². The summed E-state index contributed by atoms with van der Waals surface area (Å²) >= 11 is 1.70. The molecule has 1 N–H and O–H groups in total. The van der Waals surface area contributed by atoms with Crippen LogP contribution in [0.1, 0.15) is 50.3 Å². The standard InChI is InChI=1S/C28H35FN4O3S/c1-36-22-7-9-26-24(18-22)23(11-14-30-26)25(29)8-5-20-12-16-33(19-21(20)6-10-28(34)35)15-3-17-37-27-4-2-13-31-32-27/h2,4,7,9,11,13-14,18,20-21,25H,3,5-6,8,10,12,15-17,19H2,1H3,(H,34,35)/t20-,21+,25?/m1/s1. The average molecular weight is 527 g/mol. The van der Waals surface area contributed by atoms with E-state index < -0.39 is 12.1 Å². The number of nitrogens with zero attached hydrogens (tertiary/aromatic N) is 4. The molecule has 3 aromatic rings. The van der Waals surface area contributed by atoms with Crippen LogP contribution in [0.2, 0.25) is 0 Å². The number of carbonyl (C=O) groups is 1. The average Bonchev–Trinajstić information content (AvgIpc) is 2.93. The first-order valence-electron chi connectivity index (χ1n) is 12.9. The summed E-state index contributed by atoms with van der Waals surface area (Å²) in [6.07, 6.45) is 6.19. The predicted molar refractivity (Wildman–Crippen MR) is 144 cm³/mol. The van der Waals surface area contributed by atoms with Crippen LogP contribution in [-0.4, -0.2) is 63.7 Å². The first kappa shape index (κ1) is 27.3. The first-order valence-corrected chi connectivity index (χ1v) is 13.9. The van der Waals surface area contributed by atoms with Crippen molar-refractivity contribution in [2.24, 2.45) is 11.8 Å². The lowest BCUT2D eigenvalue weighted by molar-refractivity contribution is -0.137. The zero-order chi connectivity index (χ0) is 26.0. The number of fused-ring (bicyclic) bond motifs is 1. The predicted octanol–water partition coefficient (Wildman–Crippen LogP) is 5.81. The van der Waals surface area contributed by atoms with Crippen molar-refractivity contribution in [3.63, 3.8) is 0 Å². The van der Waals surface area contributed by atoms with Gasteiger partial charge >= 0.3 is 5.97 Å². The van der Waals surface area contributed by atoms with Crippen LogP contribution >= 0.6 is 11.8 Å². The van der Waals surface area contributed by atoms with Gasteiger partial charge in [-0.2, -0.15) is 5.10 Å². The number of pyridine rings is 1. The van der Waals surface area contributed by atoms with Crippen molar-refractivity contribution in [3.05, 3.63) is 54.4 Å². The second-order valence-corrected chi connectivity index (χ2v) is 10.7. The van der Waals surface area contributed by atoms with E-state index in [0.29, 0.717) is 30.1 Å². The van der Waals surface area contributed by atoms with Crippen LogP contribution in [0.15, 0.2) is 53.8 Å². The van der Waals surface area contributed by atoms with Gasteiger partial charge in [0.25, 0.3) is 0 Å². The maximum Gasteiger partial charge on any atom is 0.303 e. The number of thioether (sulfide) groups is 1. The molecule has 0 bridgehead atoms. The molecule has 4 rings (SSSR count). The van der Waals surface area contributed by atoms with Crippen LogP contribution in [0.5, 0.6) is 5.75 Å². The minimum atomic E-state index is -1.10. The summed E-state index contributed by atoms with van der Waals surface area (Å²) in [6, 6.07) is 11.2. The quantitative estimate of drug-likeness (QED) is 0.221. The van der Waals surface area contributed by atoms with Crippen LogP contribution < -0.4 is 4.74 Å². The Balaban J connectivity index is 1.32. The third-order valence-electron chi connectivity index (χ3n) is 7.23. The summed E-state index contributed by atoms with van der Waals surface area (Å²) in [6.45, 7) is 2.82. The molecule has 1 aliphatic heterocycles. The van der Waals surface area contributed by atoms with Gasteiger partial charge in [0.2, 0.25) is 0 Å². The normalized spacial score (nSPS) is 19.1. The molecular formula is C28H35FN4O3S. The smallest absolute Gasteiger partial charge is 0.303 e. The molecule has 0 aliphatic carbocycles. The van der Waals surface area contributed by atoms with Crippen LogP contribution in [0.3, 0.4) is 0 Å². The molecular weight excluding hydrogens is 491 g/mol. The number of ether oxygens (including phenoxy) is 1. The number of benzene rings is 1. The van der Waals surface area contributed by atoms with Gasteiger partial charge in [0.15, 0.2) is 0 Å². The Morgan fingerprint density at radius 1 is 1.24 bits per heavy atom. The molecule has 9 heteroatoms. The highest BCUT2D eigenvalue weighted by molar-refractivity contribution is 7.99. The van der Waals surface area contributed by atoms with Gasteiger partial charge in [0, 0.05) is 36.5 Å². The lowest BCUT2D eigenvalue weighted by Gasteiger charge is -2.39. The number of carboxylic acids is 1. The van der Waals surface area contributed by atoms with Gasteiger partial charge in [-0.3, -0.25) is 9.78 Å². The minimum absolute atomic E-state index is 0.158. The van der Waals surface area contributed by atoms with Crippen LogP contribution in [0.4, 0.5) is 4.39 Å². The van der Waals surface area contributed by atoms with Gasteiger partial charge in [-0.1, -0.05) is 0 Å². The molecule has 37 heavy (non-hydrogen) atoms. The molecule has 198 valence electrons. The third-order valence-corrected chi connectivity index (χ3v) is 8.24. The zero-order valence-electron chi connectivity index (χ0n) is 21.3. The van der Waals surface area contributed by atoms with Gasteiger partial charge in [-0.15, -0.1) is 16.9 Å². The summed E-state index contributed by atoms with van der Waals surface area (Å²) in [5.41, 5.74) is 1.40. The number of aromatic nitrogens is 3. The molecule has 3 atom stereocenters. The van der Waals surface area contributed by atoms with E-state index in [-0.39, 0.29) is 12.3 Å². The Hall–Kier alpha value is -2.78. The third kappa shape index (κ3) is 7.85. The summed E-state index contributed by atoms with van der Waals surface area (Å²) in [5, 5.41) is 19.0. The van der Waals surface area contributed by atoms with Gasteiger partial charge < -0.3 is 14.7 Å². The fourth-order valence-electron chi connectivity index (χ4n) is 5.27. The number of piperidine rings is 1. The molecule has 3 heterocycles. The lowest BCUT2D eigenvalue weighted by Crippen LogP contribution is -2.41. The van der Waals surface area contributed by atoms with Crippen LogP contribution in [-0.2, 0) is 4.79 Å². The number of methoxy groups -OCH3 is 1. The summed E-state index contributed by atoms with van der Waals surface area (Å²) in [7, 11) is 1.60. The Labute approximate surface area is 221 Å². The van der Waals surface area contributed by atoms with Crippen molar-refractivity contribution in [2.45, 2.75) is 49.7 Å². The molecule has 1 saturated heterocycles. The van der Waals surface area contributed by atoms with E-state index in [9.17, 15) is 9.90 Å². The molecule has 0 spiro atoms. The number of alkyl halides is 1. The van der Waals surface area contributed by atoms with Crippen molar-refractivity contribution in [2.75, 3.05) is 32.5 Å². The highest BCUT2D eigenvalue weighted by Gasteiger charge is 2.30. The Kier molecular flexibility index (Phi) is 10.1. The van der Waals surface area contributed by atoms with Crippen LogP contribution in [0.25, 0.3) is 10.9 Å². The Morgan fingerprint density at radius 2 is 2.14 bits per heavy atom. The van der Waals surface area contributed by atoms with Crippen molar-refractivity contribution in [3.8, 4) is 5.75 Å². The largest absolute Gasteiger partial charge is 0.497 e. The van der Waals surface area contributed by atoms with Gasteiger partial charge in [-0.25, -0.2) is 4.39 Å². The van der Waals surface area contributed by atoms with E-state index in [1.165, 1.54) is 0 Å². The van der Waals surface area contributed by atoms with Crippen molar-refractivity contribution in [1.82, 2.24) is 20.1 Å². The van der Waals surface area contributed by atoms with Crippen molar-refractivity contribution in [1.29, 1.82) is 0 Å². The minimum Gasteiger partial charge on any atom is -0.497 e. The number of rotatable bonds is 13. The monoisotopic (exact) mass is 526 g/mol. The van der Waals surface area contributed by atoms with E-state index in [2.05, 4.69) is 20.1 Å². The molecule has 1 aromatic carbocycles. The maximum absolute atomic E-state index is 15.5. The SMILES string of the molecule is COc1ccc2nccc(C(F)CC[C@@H]3CCN(CCCSc4cccnn4)C[C@@H]3CCC(=O)O)c2c1.